The number of benzene rings is 2. The Morgan fingerprint density at radius 2 is 2.00 bits per heavy atom. The Balaban J connectivity index is 2.00. The van der Waals surface area contributed by atoms with E-state index in [9.17, 15) is 4.79 Å². The second-order valence-electron chi connectivity index (χ2n) is 5.00. The molecule has 0 radical (unpaired) electrons. The lowest BCUT2D eigenvalue weighted by atomic mass is 10.2. The third-order valence-corrected chi connectivity index (χ3v) is 3.55. The first-order chi connectivity index (χ1) is 11.6. The number of hydrogen-bond acceptors (Lipinski definition) is 3. The fourth-order valence-electron chi connectivity index (χ4n) is 2.14. The standard InChI is InChI=1S/C19H20ClNO3/c1-3-24-19-16(20)11-15(12-17(19)23-2)13-21-18(22)10-9-14-7-5-4-6-8-14/h4-12H,3,13H2,1-2H3,(H,21,22)/b10-9+. The van der Waals surface area contributed by atoms with Crippen molar-refractivity contribution in [3.8, 4) is 11.5 Å². The molecule has 2 aromatic rings. The molecule has 0 fully saturated rings. The highest BCUT2D eigenvalue weighted by atomic mass is 35.5. The van der Waals surface area contributed by atoms with Crippen LogP contribution in [-0.2, 0) is 11.3 Å². The first-order valence-corrected chi connectivity index (χ1v) is 8.02. The second-order valence-corrected chi connectivity index (χ2v) is 5.41. The summed E-state index contributed by atoms with van der Waals surface area (Å²) in [5.41, 5.74) is 1.81. The van der Waals surface area contributed by atoms with E-state index in [1.165, 1.54) is 6.08 Å². The summed E-state index contributed by atoms with van der Waals surface area (Å²) in [5, 5.41) is 3.28. The molecule has 4 nitrogen and oxygen atoms in total. The molecule has 0 aromatic heterocycles. The Hall–Kier alpha value is -2.46. The van der Waals surface area contributed by atoms with Gasteiger partial charge in [0.2, 0.25) is 5.91 Å². The van der Waals surface area contributed by atoms with Crippen molar-refractivity contribution in [1.82, 2.24) is 5.32 Å². The van der Waals surface area contributed by atoms with E-state index in [2.05, 4.69) is 5.32 Å². The topological polar surface area (TPSA) is 47.6 Å². The van der Waals surface area contributed by atoms with E-state index in [-0.39, 0.29) is 5.91 Å². The van der Waals surface area contributed by atoms with Crippen molar-refractivity contribution in [2.75, 3.05) is 13.7 Å². The van der Waals surface area contributed by atoms with Gasteiger partial charge in [0.05, 0.1) is 18.7 Å². The number of ether oxygens (including phenoxy) is 2. The van der Waals surface area contributed by atoms with Gasteiger partial charge in [-0.3, -0.25) is 4.79 Å². The van der Waals surface area contributed by atoms with Crippen LogP contribution in [0.4, 0.5) is 0 Å². The zero-order chi connectivity index (χ0) is 17.4. The van der Waals surface area contributed by atoms with Gasteiger partial charge in [-0.25, -0.2) is 0 Å². The average Bonchev–Trinajstić information content (AvgIpc) is 2.61. The molecule has 0 atom stereocenters. The van der Waals surface area contributed by atoms with Crippen molar-refractivity contribution in [2.24, 2.45) is 0 Å². The molecule has 24 heavy (non-hydrogen) atoms. The summed E-state index contributed by atoms with van der Waals surface area (Å²) in [6.45, 7) is 2.72. The van der Waals surface area contributed by atoms with Gasteiger partial charge in [-0.15, -0.1) is 0 Å². The van der Waals surface area contributed by atoms with Gasteiger partial charge >= 0.3 is 0 Å². The lowest BCUT2D eigenvalue weighted by Gasteiger charge is -2.13. The molecular formula is C19H20ClNO3. The molecule has 0 heterocycles. The fourth-order valence-corrected chi connectivity index (χ4v) is 2.43. The molecule has 0 aliphatic heterocycles. The van der Waals surface area contributed by atoms with Gasteiger partial charge in [0.15, 0.2) is 11.5 Å². The molecule has 0 unspecified atom stereocenters. The van der Waals surface area contributed by atoms with Gasteiger partial charge in [-0.05, 0) is 36.3 Å². The molecule has 2 rings (SSSR count). The van der Waals surface area contributed by atoms with Crippen molar-refractivity contribution >= 4 is 23.6 Å². The smallest absolute Gasteiger partial charge is 0.244 e. The monoisotopic (exact) mass is 345 g/mol. The Bertz CT molecular complexity index is 714. The summed E-state index contributed by atoms with van der Waals surface area (Å²) >= 11 is 6.22. The van der Waals surface area contributed by atoms with E-state index >= 15 is 0 Å². The second kappa shape index (κ2) is 8.99. The fraction of sp³-hybridized carbons (Fsp3) is 0.211. The first-order valence-electron chi connectivity index (χ1n) is 7.64. The van der Waals surface area contributed by atoms with Crippen molar-refractivity contribution in [1.29, 1.82) is 0 Å². The number of nitrogens with one attached hydrogen (secondary N) is 1. The maximum atomic E-state index is 11.9. The third kappa shape index (κ3) is 5.03. The molecule has 1 amide bonds. The molecule has 2 aromatic carbocycles. The largest absolute Gasteiger partial charge is 0.493 e. The number of methoxy groups -OCH3 is 1. The van der Waals surface area contributed by atoms with Gasteiger partial charge in [0, 0.05) is 12.6 Å². The lowest BCUT2D eigenvalue weighted by Crippen LogP contribution is -2.20. The summed E-state index contributed by atoms with van der Waals surface area (Å²) in [6.07, 6.45) is 3.27. The molecule has 126 valence electrons. The SMILES string of the molecule is CCOc1c(Cl)cc(CNC(=O)/C=C/c2ccccc2)cc1OC. The summed E-state index contributed by atoms with van der Waals surface area (Å²) in [7, 11) is 1.55. The van der Waals surface area contributed by atoms with E-state index in [0.29, 0.717) is 29.7 Å². The average molecular weight is 346 g/mol. The van der Waals surface area contributed by atoms with E-state index in [0.717, 1.165) is 11.1 Å². The van der Waals surface area contributed by atoms with Crippen LogP contribution in [0.15, 0.2) is 48.5 Å². The summed E-state index contributed by atoms with van der Waals surface area (Å²) in [6, 6.07) is 13.2. The summed E-state index contributed by atoms with van der Waals surface area (Å²) < 4.78 is 10.8. The lowest BCUT2D eigenvalue weighted by molar-refractivity contribution is -0.116. The van der Waals surface area contributed by atoms with Crippen molar-refractivity contribution < 1.29 is 14.3 Å². The molecule has 5 heteroatoms. The number of carbonyl (C=O) groups excluding carboxylic acids is 1. The Kier molecular flexibility index (Phi) is 6.70. The van der Waals surface area contributed by atoms with Gasteiger partial charge in [-0.2, -0.15) is 0 Å². The molecule has 0 spiro atoms. The number of rotatable bonds is 7. The van der Waals surface area contributed by atoms with Crippen LogP contribution >= 0.6 is 11.6 Å². The number of hydrogen-bond donors (Lipinski definition) is 1. The van der Waals surface area contributed by atoms with Crippen molar-refractivity contribution in [2.45, 2.75) is 13.5 Å². The van der Waals surface area contributed by atoms with Gasteiger partial charge in [0.1, 0.15) is 0 Å². The van der Waals surface area contributed by atoms with Gasteiger partial charge in [0.25, 0.3) is 0 Å². The molecule has 1 N–H and O–H groups in total. The molecule has 0 aliphatic carbocycles. The van der Waals surface area contributed by atoms with Crippen LogP contribution in [0.5, 0.6) is 11.5 Å². The Labute approximate surface area is 147 Å². The van der Waals surface area contributed by atoms with Crippen LogP contribution in [0.3, 0.4) is 0 Å². The van der Waals surface area contributed by atoms with Crippen LogP contribution in [0.25, 0.3) is 6.08 Å². The van der Waals surface area contributed by atoms with Crippen LogP contribution in [0.1, 0.15) is 18.1 Å². The van der Waals surface area contributed by atoms with E-state index in [1.807, 2.05) is 37.3 Å². The third-order valence-electron chi connectivity index (χ3n) is 3.27. The molecule has 0 saturated carbocycles. The molecule has 0 bridgehead atoms. The predicted octanol–water partition coefficient (Wildman–Crippen LogP) is 4.08. The normalized spacial score (nSPS) is 10.6. The van der Waals surface area contributed by atoms with Crippen LogP contribution < -0.4 is 14.8 Å². The van der Waals surface area contributed by atoms with Crippen LogP contribution in [0, 0.1) is 0 Å². The number of halogens is 1. The van der Waals surface area contributed by atoms with Gasteiger partial charge in [-0.1, -0.05) is 41.9 Å². The highest BCUT2D eigenvalue weighted by molar-refractivity contribution is 6.32. The highest BCUT2D eigenvalue weighted by Gasteiger charge is 2.11. The minimum Gasteiger partial charge on any atom is -0.493 e. The van der Waals surface area contributed by atoms with Crippen LogP contribution in [0.2, 0.25) is 5.02 Å². The van der Waals surface area contributed by atoms with E-state index in [1.54, 1.807) is 25.3 Å². The van der Waals surface area contributed by atoms with Crippen molar-refractivity contribution in [3.05, 3.63) is 64.7 Å². The Morgan fingerprint density at radius 1 is 1.25 bits per heavy atom. The zero-order valence-electron chi connectivity index (χ0n) is 13.7. The molecule has 0 saturated heterocycles. The minimum absolute atomic E-state index is 0.178. The number of amides is 1. The summed E-state index contributed by atoms with van der Waals surface area (Å²) in [4.78, 5) is 11.9. The van der Waals surface area contributed by atoms with Crippen LogP contribution in [-0.4, -0.2) is 19.6 Å². The molecule has 0 aliphatic rings. The molecular weight excluding hydrogens is 326 g/mol. The van der Waals surface area contributed by atoms with Crippen molar-refractivity contribution in [3.63, 3.8) is 0 Å². The zero-order valence-corrected chi connectivity index (χ0v) is 14.5. The first kappa shape index (κ1) is 17.9. The Morgan fingerprint density at radius 3 is 2.67 bits per heavy atom. The minimum atomic E-state index is -0.178. The van der Waals surface area contributed by atoms with E-state index < -0.39 is 0 Å². The number of carbonyl (C=O) groups is 1. The highest BCUT2D eigenvalue weighted by Crippen LogP contribution is 2.36. The summed E-state index contributed by atoms with van der Waals surface area (Å²) in [5.74, 6) is 0.886. The quantitative estimate of drug-likeness (QED) is 0.769. The van der Waals surface area contributed by atoms with Gasteiger partial charge < -0.3 is 14.8 Å². The van der Waals surface area contributed by atoms with E-state index in [4.69, 9.17) is 21.1 Å². The predicted molar refractivity (Wildman–Crippen MR) is 96.5 cm³/mol. The maximum absolute atomic E-state index is 11.9. The maximum Gasteiger partial charge on any atom is 0.244 e.